The summed E-state index contributed by atoms with van der Waals surface area (Å²) in [5, 5.41) is 0. The molecule has 1 rings (SSSR count). The Bertz CT molecular complexity index is 357. The van der Waals surface area contributed by atoms with Gasteiger partial charge in [-0.3, -0.25) is 4.79 Å². The van der Waals surface area contributed by atoms with Gasteiger partial charge in [-0.1, -0.05) is 13.8 Å². The molecule has 0 unspecified atom stereocenters. The predicted octanol–water partition coefficient (Wildman–Crippen LogP) is 0.0386. The summed E-state index contributed by atoms with van der Waals surface area (Å²) in [5.74, 6) is -0.566. The summed E-state index contributed by atoms with van der Waals surface area (Å²) in [5.41, 5.74) is 5.66. The molecule has 0 bridgehead atoms. The van der Waals surface area contributed by atoms with Crippen molar-refractivity contribution in [2.24, 2.45) is 11.7 Å². The van der Waals surface area contributed by atoms with Crippen LogP contribution in [0.2, 0.25) is 0 Å². The van der Waals surface area contributed by atoms with E-state index in [2.05, 4.69) is 0 Å². The number of carbonyl (C=O) groups is 1. The first kappa shape index (κ1) is 16.7. The van der Waals surface area contributed by atoms with Crippen molar-refractivity contribution in [3.8, 4) is 0 Å². The maximum Gasteiger partial charge on any atom is 0.237 e. The fourth-order valence-corrected chi connectivity index (χ4v) is 3.55. The number of hydrogen-bond donors (Lipinski definition) is 1. The van der Waals surface area contributed by atoms with E-state index in [0.717, 1.165) is 6.42 Å². The number of likely N-dealkylation sites (tertiary alicyclic amines) is 1. The smallest absolute Gasteiger partial charge is 0.237 e. The second-order valence-corrected chi connectivity index (χ2v) is 6.95. The van der Waals surface area contributed by atoms with Gasteiger partial charge in [0.25, 0.3) is 0 Å². The molecular formula is C10H21ClN2O3S. The molecule has 0 spiro atoms. The van der Waals surface area contributed by atoms with Crippen LogP contribution in [0.3, 0.4) is 0 Å². The number of nitrogens with zero attached hydrogens (tertiary/aromatic N) is 1. The molecule has 1 atom stereocenters. The van der Waals surface area contributed by atoms with Gasteiger partial charge < -0.3 is 10.6 Å². The standard InChI is InChI=1S/C10H20N2O3S.ClH/c1-8(2)6-16(14,15)7-10(13)12-4-3-9(11)5-12;/h8-9H,3-7,11H2,1-2H3;1H/t9-;/m1./s1. The third-order valence-corrected chi connectivity index (χ3v) is 4.37. The Labute approximate surface area is 109 Å². The maximum absolute atomic E-state index is 11.7. The zero-order valence-corrected chi connectivity index (χ0v) is 11.9. The molecule has 7 heteroatoms. The topological polar surface area (TPSA) is 80.5 Å². The number of nitrogens with two attached hydrogens (primary N) is 1. The van der Waals surface area contributed by atoms with Crippen LogP contribution in [0.5, 0.6) is 0 Å². The summed E-state index contributed by atoms with van der Waals surface area (Å²) in [6.45, 7) is 4.72. The van der Waals surface area contributed by atoms with Gasteiger partial charge in [-0.2, -0.15) is 0 Å². The average molecular weight is 285 g/mol. The molecule has 1 aliphatic heterocycles. The van der Waals surface area contributed by atoms with E-state index in [1.807, 2.05) is 13.8 Å². The van der Waals surface area contributed by atoms with E-state index < -0.39 is 9.84 Å². The first-order chi connectivity index (χ1) is 7.30. The Morgan fingerprint density at radius 1 is 1.47 bits per heavy atom. The van der Waals surface area contributed by atoms with Crippen molar-refractivity contribution < 1.29 is 13.2 Å². The van der Waals surface area contributed by atoms with Gasteiger partial charge in [0, 0.05) is 19.1 Å². The Hall–Kier alpha value is -0.330. The lowest BCUT2D eigenvalue weighted by molar-refractivity contribution is -0.127. The van der Waals surface area contributed by atoms with E-state index in [0.29, 0.717) is 13.1 Å². The van der Waals surface area contributed by atoms with E-state index in [1.165, 1.54) is 0 Å². The lowest BCUT2D eigenvalue weighted by Crippen LogP contribution is -2.36. The van der Waals surface area contributed by atoms with Crippen molar-refractivity contribution in [1.82, 2.24) is 4.90 Å². The molecular weight excluding hydrogens is 264 g/mol. The fraction of sp³-hybridized carbons (Fsp3) is 0.900. The van der Waals surface area contributed by atoms with E-state index >= 15 is 0 Å². The highest BCUT2D eigenvalue weighted by atomic mass is 35.5. The summed E-state index contributed by atoms with van der Waals surface area (Å²) in [7, 11) is -3.27. The van der Waals surface area contributed by atoms with Crippen molar-refractivity contribution >= 4 is 28.2 Å². The van der Waals surface area contributed by atoms with Crippen molar-refractivity contribution in [1.29, 1.82) is 0 Å². The summed E-state index contributed by atoms with van der Waals surface area (Å²) < 4.78 is 23.2. The molecule has 1 fully saturated rings. The molecule has 0 aromatic carbocycles. The lowest BCUT2D eigenvalue weighted by Gasteiger charge is -2.16. The van der Waals surface area contributed by atoms with Gasteiger partial charge in [0.2, 0.25) is 5.91 Å². The number of amides is 1. The first-order valence-corrected chi connectivity index (χ1v) is 7.36. The van der Waals surface area contributed by atoms with Gasteiger partial charge in [-0.25, -0.2) is 8.42 Å². The van der Waals surface area contributed by atoms with Gasteiger partial charge in [-0.05, 0) is 12.3 Å². The monoisotopic (exact) mass is 284 g/mol. The van der Waals surface area contributed by atoms with Crippen LogP contribution < -0.4 is 5.73 Å². The largest absolute Gasteiger partial charge is 0.340 e. The van der Waals surface area contributed by atoms with Crippen LogP contribution in [0.1, 0.15) is 20.3 Å². The number of rotatable bonds is 4. The number of carbonyl (C=O) groups excluding carboxylic acids is 1. The van der Waals surface area contributed by atoms with Gasteiger partial charge in [-0.15, -0.1) is 12.4 Å². The number of hydrogen-bond acceptors (Lipinski definition) is 4. The van der Waals surface area contributed by atoms with E-state index in [4.69, 9.17) is 5.73 Å². The van der Waals surface area contributed by atoms with Crippen LogP contribution in [-0.2, 0) is 14.6 Å². The van der Waals surface area contributed by atoms with E-state index in [9.17, 15) is 13.2 Å². The molecule has 0 saturated carbocycles. The number of sulfone groups is 1. The van der Waals surface area contributed by atoms with Gasteiger partial charge in [0.15, 0.2) is 9.84 Å². The zero-order chi connectivity index (χ0) is 12.3. The van der Waals surface area contributed by atoms with E-state index in [1.54, 1.807) is 4.90 Å². The molecule has 0 aliphatic carbocycles. The third kappa shape index (κ3) is 5.70. The minimum absolute atomic E-state index is 0. The Morgan fingerprint density at radius 3 is 2.47 bits per heavy atom. The summed E-state index contributed by atoms with van der Waals surface area (Å²) in [4.78, 5) is 13.2. The van der Waals surface area contributed by atoms with E-state index in [-0.39, 0.29) is 41.8 Å². The van der Waals surface area contributed by atoms with Crippen LogP contribution in [0.4, 0.5) is 0 Å². The van der Waals surface area contributed by atoms with Gasteiger partial charge in [0.05, 0.1) is 5.75 Å². The van der Waals surface area contributed by atoms with Gasteiger partial charge >= 0.3 is 0 Å². The summed E-state index contributed by atoms with van der Waals surface area (Å²) in [6, 6.07) is -0.00301. The fourth-order valence-electron chi connectivity index (χ4n) is 1.86. The van der Waals surface area contributed by atoms with Crippen molar-refractivity contribution in [3.63, 3.8) is 0 Å². The van der Waals surface area contributed by atoms with Crippen LogP contribution >= 0.6 is 12.4 Å². The molecule has 0 aromatic heterocycles. The van der Waals surface area contributed by atoms with Crippen LogP contribution in [-0.4, -0.2) is 49.9 Å². The molecule has 17 heavy (non-hydrogen) atoms. The zero-order valence-electron chi connectivity index (χ0n) is 10.3. The molecule has 0 radical (unpaired) electrons. The highest BCUT2D eigenvalue weighted by Gasteiger charge is 2.27. The Kier molecular flexibility index (Phi) is 6.43. The normalized spacial score (nSPS) is 20.5. The van der Waals surface area contributed by atoms with Crippen molar-refractivity contribution in [3.05, 3.63) is 0 Å². The Morgan fingerprint density at radius 2 is 2.06 bits per heavy atom. The van der Waals surface area contributed by atoms with Crippen LogP contribution in [0.15, 0.2) is 0 Å². The lowest BCUT2D eigenvalue weighted by atomic mass is 10.3. The molecule has 1 saturated heterocycles. The van der Waals surface area contributed by atoms with Crippen molar-refractivity contribution in [2.45, 2.75) is 26.3 Å². The minimum atomic E-state index is -3.27. The van der Waals surface area contributed by atoms with Gasteiger partial charge in [0.1, 0.15) is 5.75 Å². The maximum atomic E-state index is 11.7. The second kappa shape index (κ2) is 6.56. The van der Waals surface area contributed by atoms with Crippen LogP contribution in [0.25, 0.3) is 0 Å². The summed E-state index contributed by atoms with van der Waals surface area (Å²) in [6.07, 6.45) is 0.760. The summed E-state index contributed by atoms with van der Waals surface area (Å²) >= 11 is 0. The Balaban J connectivity index is 0.00000256. The minimum Gasteiger partial charge on any atom is -0.340 e. The number of halogens is 1. The molecule has 2 N–H and O–H groups in total. The molecule has 5 nitrogen and oxygen atoms in total. The molecule has 102 valence electrons. The molecule has 1 heterocycles. The SMILES string of the molecule is CC(C)CS(=O)(=O)CC(=O)N1CC[C@@H](N)C1.Cl. The van der Waals surface area contributed by atoms with Crippen molar-refractivity contribution in [2.75, 3.05) is 24.6 Å². The second-order valence-electron chi connectivity index (χ2n) is 4.84. The predicted molar refractivity (Wildman–Crippen MR) is 69.9 cm³/mol. The highest BCUT2D eigenvalue weighted by molar-refractivity contribution is 7.92. The van der Waals surface area contributed by atoms with Crippen LogP contribution in [0, 0.1) is 5.92 Å². The first-order valence-electron chi connectivity index (χ1n) is 5.54. The average Bonchev–Trinajstić information content (AvgIpc) is 2.47. The quantitative estimate of drug-likeness (QED) is 0.790. The third-order valence-electron chi connectivity index (χ3n) is 2.51. The molecule has 0 aromatic rings. The highest BCUT2D eigenvalue weighted by Crippen LogP contribution is 2.09. The molecule has 1 aliphatic rings. The molecule has 1 amide bonds.